The molecule has 0 atom stereocenters. The number of carbonyl (C=O) groups is 1. The lowest BCUT2D eigenvalue weighted by atomic mass is 10.0. The van der Waals surface area contributed by atoms with Gasteiger partial charge in [-0.25, -0.2) is 4.79 Å². The van der Waals surface area contributed by atoms with E-state index in [0.29, 0.717) is 43.3 Å². The third-order valence-corrected chi connectivity index (χ3v) is 9.17. The van der Waals surface area contributed by atoms with Gasteiger partial charge >= 0.3 is 14.8 Å². The summed E-state index contributed by atoms with van der Waals surface area (Å²) in [5.74, 6) is 0.467. The largest absolute Gasteiger partial charge is 0.500 e. The number of hydrogen-bond donors (Lipinski definition) is 1. The first-order valence-electron chi connectivity index (χ1n) is 13.1. The van der Waals surface area contributed by atoms with E-state index in [4.69, 9.17) is 22.8 Å². The SMILES string of the molecule is CCO[Si](CCCCCC/C(=C\c1ccc(-c2ccc(OC)c(OC)c2)cc1)C(=O)O)(OCC)OCC. The number of rotatable bonds is 18. The van der Waals surface area contributed by atoms with Gasteiger partial charge in [-0.3, -0.25) is 0 Å². The van der Waals surface area contributed by atoms with Crippen molar-refractivity contribution in [3.63, 3.8) is 0 Å². The first-order chi connectivity index (χ1) is 17.9. The van der Waals surface area contributed by atoms with Gasteiger partial charge in [0.15, 0.2) is 11.5 Å². The van der Waals surface area contributed by atoms with E-state index in [2.05, 4.69) is 0 Å². The smallest absolute Gasteiger partial charge is 0.493 e. The maximum atomic E-state index is 11.9. The van der Waals surface area contributed by atoms with Gasteiger partial charge in [-0.05, 0) is 74.9 Å². The number of benzene rings is 2. The summed E-state index contributed by atoms with van der Waals surface area (Å²) < 4.78 is 28.4. The molecule has 0 aliphatic rings. The predicted molar refractivity (Wildman–Crippen MR) is 149 cm³/mol. The minimum Gasteiger partial charge on any atom is -0.493 e. The molecule has 2 aromatic rings. The molecule has 0 aromatic heterocycles. The van der Waals surface area contributed by atoms with Crippen LogP contribution in [0, 0.1) is 0 Å². The Bertz CT molecular complexity index is 971. The van der Waals surface area contributed by atoms with E-state index in [9.17, 15) is 9.90 Å². The van der Waals surface area contributed by atoms with Crippen LogP contribution in [0.2, 0.25) is 6.04 Å². The number of methoxy groups -OCH3 is 2. The Morgan fingerprint density at radius 1 is 0.784 bits per heavy atom. The van der Waals surface area contributed by atoms with Crippen LogP contribution in [0.15, 0.2) is 48.0 Å². The maximum Gasteiger partial charge on any atom is 0.500 e. The van der Waals surface area contributed by atoms with Crippen molar-refractivity contribution >= 4 is 20.8 Å². The normalized spacial score (nSPS) is 12.0. The van der Waals surface area contributed by atoms with Crippen LogP contribution in [0.1, 0.15) is 58.4 Å². The topological polar surface area (TPSA) is 83.5 Å². The average Bonchev–Trinajstić information content (AvgIpc) is 2.90. The summed E-state index contributed by atoms with van der Waals surface area (Å²) in [5, 5.41) is 9.72. The van der Waals surface area contributed by atoms with Crippen LogP contribution < -0.4 is 9.47 Å². The first kappa shape index (κ1) is 30.6. The molecular weight excluding hydrogens is 488 g/mol. The Hall–Kier alpha value is -2.65. The molecule has 7 nitrogen and oxygen atoms in total. The van der Waals surface area contributed by atoms with Crippen molar-refractivity contribution < 1.29 is 32.7 Å². The van der Waals surface area contributed by atoms with E-state index in [1.54, 1.807) is 20.3 Å². The third kappa shape index (κ3) is 9.63. The van der Waals surface area contributed by atoms with E-state index >= 15 is 0 Å². The molecule has 1 N–H and O–H groups in total. The van der Waals surface area contributed by atoms with Gasteiger partial charge in [-0.2, -0.15) is 0 Å². The lowest BCUT2D eigenvalue weighted by Crippen LogP contribution is -2.45. The van der Waals surface area contributed by atoms with Crippen LogP contribution in [-0.4, -0.2) is 53.9 Å². The fourth-order valence-corrected chi connectivity index (χ4v) is 6.93. The van der Waals surface area contributed by atoms with Gasteiger partial charge in [-0.15, -0.1) is 0 Å². The Morgan fingerprint density at radius 2 is 1.35 bits per heavy atom. The highest BCUT2D eigenvalue weighted by Crippen LogP contribution is 2.32. The zero-order valence-electron chi connectivity index (χ0n) is 22.9. The second kappa shape index (κ2) is 16.2. The zero-order valence-corrected chi connectivity index (χ0v) is 23.9. The highest BCUT2D eigenvalue weighted by molar-refractivity contribution is 6.60. The van der Waals surface area contributed by atoms with Crippen molar-refractivity contribution in [3.05, 3.63) is 53.6 Å². The van der Waals surface area contributed by atoms with Crippen LogP contribution in [0.25, 0.3) is 17.2 Å². The van der Waals surface area contributed by atoms with Gasteiger partial charge in [0, 0.05) is 31.4 Å². The Labute approximate surface area is 222 Å². The summed E-state index contributed by atoms with van der Waals surface area (Å²) in [6.07, 6.45) is 5.96. The van der Waals surface area contributed by atoms with E-state index in [-0.39, 0.29) is 0 Å². The van der Waals surface area contributed by atoms with Gasteiger partial charge in [0.25, 0.3) is 0 Å². The number of ether oxygens (including phenoxy) is 2. The van der Waals surface area contributed by atoms with Crippen LogP contribution in [-0.2, 0) is 18.1 Å². The van der Waals surface area contributed by atoms with Crippen molar-refractivity contribution in [1.29, 1.82) is 0 Å². The van der Waals surface area contributed by atoms with Crippen molar-refractivity contribution in [1.82, 2.24) is 0 Å². The van der Waals surface area contributed by atoms with Crippen LogP contribution in [0.4, 0.5) is 0 Å². The average molecular weight is 531 g/mol. The predicted octanol–water partition coefficient (Wildman–Crippen LogP) is 6.84. The molecule has 0 fully saturated rings. The van der Waals surface area contributed by atoms with E-state index < -0.39 is 14.8 Å². The summed E-state index contributed by atoms with van der Waals surface area (Å²) in [6.45, 7) is 7.62. The quantitative estimate of drug-likeness (QED) is 0.128. The molecule has 37 heavy (non-hydrogen) atoms. The molecule has 0 heterocycles. The van der Waals surface area contributed by atoms with Crippen molar-refractivity contribution in [2.75, 3.05) is 34.0 Å². The van der Waals surface area contributed by atoms with E-state index in [1.165, 1.54) is 0 Å². The van der Waals surface area contributed by atoms with Gasteiger partial charge in [0.1, 0.15) is 0 Å². The van der Waals surface area contributed by atoms with Crippen LogP contribution >= 0.6 is 0 Å². The zero-order chi connectivity index (χ0) is 27.1. The second-order valence-corrected chi connectivity index (χ2v) is 11.3. The number of unbranched alkanes of at least 4 members (excludes halogenated alkanes) is 3. The molecule has 0 bridgehead atoms. The summed E-state index contributed by atoms with van der Waals surface area (Å²) in [4.78, 5) is 11.9. The van der Waals surface area contributed by atoms with Crippen LogP contribution in [0.3, 0.4) is 0 Å². The second-order valence-electron chi connectivity index (χ2n) is 8.56. The number of carboxylic acid groups (broad SMARTS) is 1. The highest BCUT2D eigenvalue weighted by atomic mass is 28.4. The van der Waals surface area contributed by atoms with Crippen molar-refractivity contribution in [2.24, 2.45) is 0 Å². The molecule has 0 spiro atoms. The molecule has 0 unspecified atom stereocenters. The Morgan fingerprint density at radius 3 is 1.89 bits per heavy atom. The summed E-state index contributed by atoms with van der Waals surface area (Å²) in [7, 11) is 0.616. The van der Waals surface area contributed by atoms with Gasteiger partial charge in [-0.1, -0.05) is 43.2 Å². The number of carboxylic acids is 1. The summed E-state index contributed by atoms with van der Waals surface area (Å²) in [5.41, 5.74) is 3.29. The fraction of sp³-hybridized carbons (Fsp3) is 0.483. The fourth-order valence-electron chi connectivity index (χ4n) is 4.24. The molecule has 8 heteroatoms. The third-order valence-electron chi connectivity index (χ3n) is 6.01. The molecule has 0 saturated heterocycles. The molecule has 0 aliphatic heterocycles. The molecule has 0 aliphatic carbocycles. The number of hydrogen-bond acceptors (Lipinski definition) is 6. The summed E-state index contributed by atoms with van der Waals surface area (Å²) >= 11 is 0. The first-order valence-corrected chi connectivity index (χ1v) is 15.0. The lowest BCUT2D eigenvalue weighted by molar-refractivity contribution is -0.132. The van der Waals surface area contributed by atoms with E-state index in [0.717, 1.165) is 48.4 Å². The molecule has 204 valence electrons. The summed E-state index contributed by atoms with van der Waals surface area (Å²) in [6, 6.07) is 14.4. The Balaban J connectivity index is 1.93. The lowest BCUT2D eigenvalue weighted by Gasteiger charge is -2.28. The molecule has 0 saturated carbocycles. The van der Waals surface area contributed by atoms with Crippen molar-refractivity contribution in [3.8, 4) is 22.6 Å². The molecule has 2 aromatic carbocycles. The van der Waals surface area contributed by atoms with E-state index in [1.807, 2.05) is 63.2 Å². The Kier molecular flexibility index (Phi) is 13.4. The maximum absolute atomic E-state index is 11.9. The van der Waals surface area contributed by atoms with Gasteiger partial charge < -0.3 is 27.9 Å². The van der Waals surface area contributed by atoms with Crippen LogP contribution in [0.5, 0.6) is 11.5 Å². The molecule has 2 rings (SSSR count). The minimum atomic E-state index is -2.60. The minimum absolute atomic E-state index is 0.417. The highest BCUT2D eigenvalue weighted by Gasteiger charge is 2.39. The molecule has 0 radical (unpaired) electrons. The molecule has 0 amide bonds. The molecular formula is C29H42O7Si. The van der Waals surface area contributed by atoms with Gasteiger partial charge in [0.2, 0.25) is 0 Å². The van der Waals surface area contributed by atoms with Crippen molar-refractivity contribution in [2.45, 2.75) is 58.9 Å². The standard InChI is InChI=1S/C29H42O7Si/c1-6-34-37(35-7-2,36-8-3)20-12-10-9-11-13-26(29(30)31)21-23-14-16-24(17-15-23)25-18-19-27(32-4)28(22-25)33-5/h14-19,21-22H,6-13,20H2,1-5H3,(H,30,31)/b26-21+. The van der Waals surface area contributed by atoms with Gasteiger partial charge in [0.05, 0.1) is 14.2 Å². The monoisotopic (exact) mass is 530 g/mol. The number of aliphatic carboxylic acids is 1.